The van der Waals surface area contributed by atoms with E-state index in [9.17, 15) is 0 Å². The Morgan fingerprint density at radius 1 is 1.61 bits per heavy atom. The molecule has 0 aromatic carbocycles. The smallest absolute Gasteiger partial charge is 0.156 e. The molecule has 0 aliphatic carbocycles. The van der Waals surface area contributed by atoms with Gasteiger partial charge in [-0.05, 0) is 45.7 Å². The summed E-state index contributed by atoms with van der Waals surface area (Å²) in [7, 11) is 0. The molecule has 8 heteroatoms. The molecular formula is C15H23N5O3. The third-order valence-corrected chi connectivity index (χ3v) is 3.06. The number of aromatic amines is 1. The third-order valence-electron chi connectivity index (χ3n) is 3.06. The highest BCUT2D eigenvalue weighted by Gasteiger charge is 2.37. The van der Waals surface area contributed by atoms with Crippen molar-refractivity contribution in [2.45, 2.75) is 51.1 Å². The fraction of sp³-hybridized carbons (Fsp3) is 0.533. The molecule has 6 N–H and O–H groups in total. The molecule has 1 aromatic rings. The van der Waals surface area contributed by atoms with E-state index < -0.39 is 11.4 Å². The quantitative estimate of drug-likeness (QED) is 0.321. The molecule has 0 saturated carbocycles. The predicted octanol–water partition coefficient (Wildman–Crippen LogP) is 1.17. The summed E-state index contributed by atoms with van der Waals surface area (Å²) >= 11 is 0. The first-order chi connectivity index (χ1) is 10.6. The highest BCUT2D eigenvalue weighted by molar-refractivity contribution is 5.99. The molecule has 1 aromatic heterocycles. The van der Waals surface area contributed by atoms with Crippen LogP contribution in [0, 0.1) is 16.7 Å². The standard InChI is InChI=1S/C12H15N5O.C3H8O2/c1-12(6-13)5-4-10(18-12)8-2-3-9(17-8)11(15)16-7-14;1-3(2,4)5/h2-3,7,10,17H,4-5H2,1H3,(H3,14,15,16);4-5H,1-2H3/t10?,12-;/m1./s1. The number of nitrogens with zero attached hydrogens (tertiary/aromatic N) is 2. The van der Waals surface area contributed by atoms with Crippen LogP contribution in [0.5, 0.6) is 0 Å². The summed E-state index contributed by atoms with van der Waals surface area (Å²) in [5.74, 6) is -1.24. The Balaban J connectivity index is 0.000000463. The fourth-order valence-corrected chi connectivity index (χ4v) is 2.03. The number of nitriles is 1. The van der Waals surface area contributed by atoms with Crippen molar-refractivity contribution in [1.82, 2.24) is 4.98 Å². The molecule has 0 spiro atoms. The van der Waals surface area contributed by atoms with Gasteiger partial charge in [0.15, 0.2) is 11.4 Å². The second-order valence-corrected chi connectivity index (χ2v) is 5.95. The van der Waals surface area contributed by atoms with Crippen molar-refractivity contribution in [2.24, 2.45) is 10.7 Å². The lowest BCUT2D eigenvalue weighted by Crippen LogP contribution is -2.20. The monoisotopic (exact) mass is 321 g/mol. The Bertz CT molecular complexity index is 605. The van der Waals surface area contributed by atoms with Crippen LogP contribution in [0.25, 0.3) is 0 Å². The number of rotatable bonds is 3. The van der Waals surface area contributed by atoms with Crippen LogP contribution in [0.4, 0.5) is 0 Å². The van der Waals surface area contributed by atoms with E-state index >= 15 is 0 Å². The molecule has 23 heavy (non-hydrogen) atoms. The van der Waals surface area contributed by atoms with E-state index in [0.29, 0.717) is 12.1 Å². The second kappa shape index (κ2) is 7.37. The minimum absolute atomic E-state index is 0.115. The van der Waals surface area contributed by atoms with Gasteiger partial charge in [0.2, 0.25) is 0 Å². The first kappa shape index (κ1) is 18.8. The van der Waals surface area contributed by atoms with Crippen molar-refractivity contribution in [1.29, 1.82) is 10.7 Å². The van der Waals surface area contributed by atoms with Gasteiger partial charge in [-0.3, -0.25) is 5.41 Å². The number of nitrogens with one attached hydrogen (secondary N) is 2. The minimum Gasteiger partial charge on any atom is -0.382 e. The molecule has 1 aliphatic rings. The van der Waals surface area contributed by atoms with Crippen LogP contribution in [0.2, 0.25) is 0 Å². The summed E-state index contributed by atoms with van der Waals surface area (Å²) < 4.78 is 5.72. The third kappa shape index (κ3) is 6.20. The number of aliphatic hydroxyl groups is 2. The van der Waals surface area contributed by atoms with Crippen LogP contribution in [-0.2, 0) is 4.74 Å². The Morgan fingerprint density at radius 3 is 2.70 bits per heavy atom. The number of aromatic nitrogens is 1. The lowest BCUT2D eigenvalue weighted by atomic mass is 10.0. The first-order valence-corrected chi connectivity index (χ1v) is 7.13. The topological polar surface area (TPSA) is 151 Å². The average molecular weight is 321 g/mol. The largest absolute Gasteiger partial charge is 0.382 e. The molecule has 2 heterocycles. The first-order valence-electron chi connectivity index (χ1n) is 7.13. The molecule has 0 radical (unpaired) electrons. The summed E-state index contributed by atoms with van der Waals surface area (Å²) in [6.07, 6.45) is 2.29. The molecular weight excluding hydrogens is 298 g/mol. The highest BCUT2D eigenvalue weighted by atomic mass is 16.5. The Hall–Kier alpha value is -2.21. The van der Waals surface area contributed by atoms with Gasteiger partial charge in [0.1, 0.15) is 12.2 Å². The number of amidine groups is 1. The second-order valence-electron chi connectivity index (χ2n) is 5.95. The van der Waals surface area contributed by atoms with Crippen LogP contribution < -0.4 is 5.73 Å². The normalized spacial score (nSPS) is 24.5. The molecule has 126 valence electrons. The van der Waals surface area contributed by atoms with Gasteiger partial charge in [-0.15, -0.1) is 0 Å². The van der Waals surface area contributed by atoms with Gasteiger partial charge in [0, 0.05) is 5.69 Å². The van der Waals surface area contributed by atoms with Crippen LogP contribution in [-0.4, -0.2) is 38.8 Å². The van der Waals surface area contributed by atoms with Crippen molar-refractivity contribution in [2.75, 3.05) is 0 Å². The molecule has 1 saturated heterocycles. The van der Waals surface area contributed by atoms with Crippen LogP contribution in [0.15, 0.2) is 17.1 Å². The van der Waals surface area contributed by atoms with Gasteiger partial charge < -0.3 is 25.7 Å². The number of hydrogen-bond donors (Lipinski definition) is 5. The van der Waals surface area contributed by atoms with Crippen molar-refractivity contribution in [3.63, 3.8) is 0 Å². The van der Waals surface area contributed by atoms with Gasteiger partial charge >= 0.3 is 0 Å². The summed E-state index contributed by atoms with van der Waals surface area (Å²) in [6, 6.07) is 5.84. The molecule has 8 nitrogen and oxygen atoms in total. The van der Waals surface area contributed by atoms with Crippen molar-refractivity contribution < 1.29 is 14.9 Å². The summed E-state index contributed by atoms with van der Waals surface area (Å²) in [5.41, 5.74) is 6.50. The average Bonchev–Trinajstić information content (AvgIpc) is 3.04. The van der Waals surface area contributed by atoms with Crippen LogP contribution in [0.1, 0.15) is 51.1 Å². The minimum atomic E-state index is -1.50. The zero-order valence-electron chi connectivity index (χ0n) is 13.5. The van der Waals surface area contributed by atoms with Gasteiger partial charge in [-0.25, -0.2) is 4.99 Å². The van der Waals surface area contributed by atoms with Crippen molar-refractivity contribution in [3.05, 3.63) is 23.5 Å². The lowest BCUT2D eigenvalue weighted by Gasteiger charge is -2.15. The molecule has 0 amide bonds. The van der Waals surface area contributed by atoms with Crippen molar-refractivity contribution >= 4 is 12.2 Å². The fourth-order valence-electron chi connectivity index (χ4n) is 2.03. The van der Waals surface area contributed by atoms with E-state index in [1.54, 1.807) is 13.0 Å². The van der Waals surface area contributed by atoms with E-state index in [4.69, 9.17) is 31.4 Å². The zero-order chi connectivity index (χ0) is 17.7. The van der Waals surface area contributed by atoms with E-state index in [2.05, 4.69) is 16.0 Å². The van der Waals surface area contributed by atoms with E-state index in [0.717, 1.165) is 18.5 Å². The predicted molar refractivity (Wildman–Crippen MR) is 85.9 cm³/mol. The number of hydrogen-bond acceptors (Lipinski definition) is 5. The van der Waals surface area contributed by atoms with E-state index in [1.807, 2.05) is 6.07 Å². The van der Waals surface area contributed by atoms with Crippen LogP contribution in [0.3, 0.4) is 0 Å². The molecule has 2 rings (SSSR count). The van der Waals surface area contributed by atoms with Gasteiger partial charge in [0.25, 0.3) is 0 Å². The summed E-state index contributed by atoms with van der Waals surface area (Å²) in [5, 5.41) is 32.0. The Morgan fingerprint density at radius 2 is 2.22 bits per heavy atom. The Kier molecular flexibility index (Phi) is 6.04. The number of aliphatic imine (C=N–C) groups is 1. The number of nitrogens with two attached hydrogens (primary N) is 1. The maximum atomic E-state index is 9.00. The van der Waals surface area contributed by atoms with Crippen molar-refractivity contribution in [3.8, 4) is 6.07 Å². The maximum absolute atomic E-state index is 9.00. The molecule has 1 fully saturated rings. The van der Waals surface area contributed by atoms with Crippen LogP contribution >= 0.6 is 0 Å². The molecule has 1 unspecified atom stereocenters. The zero-order valence-corrected chi connectivity index (χ0v) is 13.5. The lowest BCUT2D eigenvalue weighted by molar-refractivity contribution is -0.127. The molecule has 0 bridgehead atoms. The highest BCUT2D eigenvalue weighted by Crippen LogP contribution is 2.38. The van der Waals surface area contributed by atoms with Gasteiger partial charge in [0.05, 0.1) is 17.9 Å². The van der Waals surface area contributed by atoms with Gasteiger partial charge in [-0.1, -0.05) is 0 Å². The Labute approximate surface area is 135 Å². The number of ether oxygens (including phenoxy) is 1. The molecule has 2 atom stereocenters. The number of H-pyrrole nitrogens is 1. The van der Waals surface area contributed by atoms with Gasteiger partial charge in [-0.2, -0.15) is 5.26 Å². The summed E-state index contributed by atoms with van der Waals surface area (Å²) in [4.78, 5) is 6.80. The molecule has 1 aliphatic heterocycles. The SMILES string of the molecule is CC(C)(O)O.C[C@]1(C#N)CCC(c2ccc(C(N)=NC=N)[nH]2)O1. The maximum Gasteiger partial charge on any atom is 0.156 e. The summed E-state index contributed by atoms with van der Waals surface area (Å²) in [6.45, 7) is 4.39. The van der Waals surface area contributed by atoms with E-state index in [1.165, 1.54) is 13.8 Å². The van der Waals surface area contributed by atoms with E-state index in [-0.39, 0.29) is 11.9 Å².